The van der Waals surface area contributed by atoms with Crippen LogP contribution in [-0.4, -0.2) is 30.9 Å². The summed E-state index contributed by atoms with van der Waals surface area (Å²) in [6.45, 7) is 4.24. The first-order valence-corrected chi connectivity index (χ1v) is 9.40. The number of carbonyl (C=O) groups is 2. The number of hydrogen-bond acceptors (Lipinski definition) is 3. The normalized spacial score (nSPS) is 15.5. The van der Waals surface area contributed by atoms with E-state index in [0.29, 0.717) is 0 Å². The van der Waals surface area contributed by atoms with Crippen LogP contribution in [0.4, 0.5) is 11.4 Å². The van der Waals surface area contributed by atoms with Gasteiger partial charge in [0.2, 0.25) is 11.8 Å². The molecule has 1 heterocycles. The predicted molar refractivity (Wildman–Crippen MR) is 107 cm³/mol. The third kappa shape index (κ3) is 4.25. The van der Waals surface area contributed by atoms with Gasteiger partial charge in [0, 0.05) is 21.9 Å². The second-order valence-corrected chi connectivity index (χ2v) is 7.51. The molecule has 2 amide bonds. The quantitative estimate of drug-likeness (QED) is 0.787. The predicted octanol–water partition coefficient (Wildman–Crippen LogP) is 3.26. The van der Waals surface area contributed by atoms with Crippen LogP contribution in [0, 0.1) is 6.92 Å². The van der Waals surface area contributed by atoms with E-state index < -0.39 is 0 Å². The summed E-state index contributed by atoms with van der Waals surface area (Å²) in [5, 5.41) is 5.53. The Balaban J connectivity index is 1.52. The highest BCUT2D eigenvalue weighted by atomic mass is 79.9. The van der Waals surface area contributed by atoms with Crippen LogP contribution in [0.1, 0.15) is 18.1 Å². The van der Waals surface area contributed by atoms with Crippen LogP contribution < -0.4 is 15.5 Å². The molecule has 1 aliphatic heterocycles. The molecule has 0 bridgehead atoms. The average Bonchev–Trinajstić information content (AvgIpc) is 2.91. The summed E-state index contributed by atoms with van der Waals surface area (Å²) in [4.78, 5) is 26.5. The molecule has 1 atom stereocenters. The first-order valence-electron chi connectivity index (χ1n) is 8.61. The number of nitrogens with one attached hydrogen (secondary N) is 2. The van der Waals surface area contributed by atoms with Crippen molar-refractivity contribution < 1.29 is 9.59 Å². The first kappa shape index (κ1) is 18.5. The lowest BCUT2D eigenvalue weighted by Crippen LogP contribution is -2.42. The van der Waals surface area contributed by atoms with Gasteiger partial charge in [-0.05, 0) is 55.7 Å². The van der Waals surface area contributed by atoms with Crippen molar-refractivity contribution in [2.24, 2.45) is 0 Å². The number of amides is 2. The van der Waals surface area contributed by atoms with E-state index in [1.807, 2.05) is 43.3 Å². The molecule has 5 nitrogen and oxygen atoms in total. The fraction of sp³-hybridized carbons (Fsp3) is 0.300. The van der Waals surface area contributed by atoms with Crippen molar-refractivity contribution in [3.05, 3.63) is 58.1 Å². The Morgan fingerprint density at radius 2 is 1.96 bits per heavy atom. The van der Waals surface area contributed by atoms with E-state index in [-0.39, 0.29) is 30.9 Å². The van der Waals surface area contributed by atoms with Crippen molar-refractivity contribution in [2.45, 2.75) is 26.3 Å². The molecule has 0 unspecified atom stereocenters. The zero-order chi connectivity index (χ0) is 18.7. The highest BCUT2D eigenvalue weighted by Crippen LogP contribution is 2.31. The molecular formula is C20H22BrN3O2. The van der Waals surface area contributed by atoms with E-state index in [0.717, 1.165) is 27.8 Å². The van der Waals surface area contributed by atoms with E-state index in [1.54, 1.807) is 0 Å². The van der Waals surface area contributed by atoms with Gasteiger partial charge in [0.25, 0.3) is 0 Å². The van der Waals surface area contributed by atoms with Gasteiger partial charge in [-0.15, -0.1) is 0 Å². The number of halogens is 1. The standard InChI is InChI=1S/C20H22BrN3O2/c1-13-9-16(21)7-8-17(13)23-19(25)11-22-20(26)12-24-14(2)10-15-5-3-4-6-18(15)24/h3-9,14H,10-12H2,1-2H3,(H,22,26)(H,23,25)/t14-/m1/s1. The van der Waals surface area contributed by atoms with E-state index in [1.165, 1.54) is 5.56 Å². The number of benzene rings is 2. The van der Waals surface area contributed by atoms with Gasteiger partial charge in [-0.2, -0.15) is 0 Å². The fourth-order valence-electron chi connectivity index (χ4n) is 3.22. The molecule has 0 saturated carbocycles. The molecule has 6 heteroatoms. The van der Waals surface area contributed by atoms with Crippen molar-refractivity contribution >= 4 is 39.1 Å². The number of rotatable bonds is 5. The van der Waals surface area contributed by atoms with Gasteiger partial charge in [0.1, 0.15) is 0 Å². The van der Waals surface area contributed by atoms with Gasteiger partial charge in [0.05, 0.1) is 13.1 Å². The lowest BCUT2D eigenvalue weighted by molar-refractivity contribution is -0.123. The van der Waals surface area contributed by atoms with Crippen molar-refractivity contribution in [1.82, 2.24) is 5.32 Å². The molecule has 0 aromatic heterocycles. The van der Waals surface area contributed by atoms with E-state index in [2.05, 4.69) is 44.5 Å². The average molecular weight is 416 g/mol. The van der Waals surface area contributed by atoms with Gasteiger partial charge in [-0.3, -0.25) is 9.59 Å². The van der Waals surface area contributed by atoms with Crippen LogP contribution in [0.2, 0.25) is 0 Å². The van der Waals surface area contributed by atoms with E-state index in [9.17, 15) is 9.59 Å². The van der Waals surface area contributed by atoms with Crippen LogP contribution in [-0.2, 0) is 16.0 Å². The molecule has 136 valence electrons. The van der Waals surface area contributed by atoms with Gasteiger partial charge in [0.15, 0.2) is 0 Å². The molecule has 2 aromatic carbocycles. The molecule has 0 radical (unpaired) electrons. The maximum absolute atomic E-state index is 12.3. The van der Waals surface area contributed by atoms with Crippen LogP contribution in [0.25, 0.3) is 0 Å². The third-order valence-corrected chi connectivity index (χ3v) is 5.06. The number of aryl methyl sites for hydroxylation is 1. The summed E-state index contributed by atoms with van der Waals surface area (Å²) in [7, 11) is 0. The Bertz CT molecular complexity index is 838. The SMILES string of the molecule is Cc1cc(Br)ccc1NC(=O)CNC(=O)CN1c2ccccc2C[C@H]1C. The van der Waals surface area contributed by atoms with Crippen molar-refractivity contribution in [3.8, 4) is 0 Å². The number of hydrogen-bond donors (Lipinski definition) is 2. The minimum absolute atomic E-state index is 0.0434. The van der Waals surface area contributed by atoms with Crippen molar-refractivity contribution in [2.75, 3.05) is 23.3 Å². The Labute approximate surface area is 161 Å². The fourth-order valence-corrected chi connectivity index (χ4v) is 3.70. The largest absolute Gasteiger partial charge is 0.359 e. The summed E-state index contributed by atoms with van der Waals surface area (Å²) >= 11 is 3.40. The lowest BCUT2D eigenvalue weighted by atomic mass is 10.1. The number of para-hydroxylation sites is 1. The van der Waals surface area contributed by atoms with Crippen LogP contribution in [0.15, 0.2) is 46.9 Å². The van der Waals surface area contributed by atoms with Crippen LogP contribution >= 0.6 is 15.9 Å². The number of fused-ring (bicyclic) bond motifs is 1. The molecule has 0 aliphatic carbocycles. The van der Waals surface area contributed by atoms with Crippen molar-refractivity contribution in [3.63, 3.8) is 0 Å². The van der Waals surface area contributed by atoms with Gasteiger partial charge in [-0.1, -0.05) is 34.1 Å². The molecule has 1 aliphatic rings. The Morgan fingerprint density at radius 3 is 2.73 bits per heavy atom. The number of nitrogens with zero attached hydrogens (tertiary/aromatic N) is 1. The molecule has 2 N–H and O–H groups in total. The zero-order valence-electron chi connectivity index (χ0n) is 14.9. The summed E-state index contributed by atoms with van der Waals surface area (Å²) in [5.74, 6) is -0.394. The van der Waals surface area contributed by atoms with Gasteiger partial charge < -0.3 is 15.5 Å². The molecule has 0 spiro atoms. The minimum Gasteiger partial charge on any atom is -0.359 e. The molecule has 3 rings (SSSR count). The van der Waals surface area contributed by atoms with Crippen LogP contribution in [0.3, 0.4) is 0 Å². The van der Waals surface area contributed by atoms with E-state index in [4.69, 9.17) is 0 Å². The summed E-state index contributed by atoms with van der Waals surface area (Å²) in [5.41, 5.74) is 4.07. The molecule has 0 fully saturated rings. The summed E-state index contributed by atoms with van der Waals surface area (Å²) in [6, 6.07) is 14.0. The third-order valence-electron chi connectivity index (χ3n) is 4.57. The molecule has 0 saturated heterocycles. The summed E-state index contributed by atoms with van der Waals surface area (Å²) < 4.78 is 0.960. The second kappa shape index (κ2) is 7.91. The highest BCUT2D eigenvalue weighted by molar-refractivity contribution is 9.10. The Morgan fingerprint density at radius 1 is 1.19 bits per heavy atom. The minimum atomic E-state index is -0.237. The molecule has 26 heavy (non-hydrogen) atoms. The Kier molecular flexibility index (Phi) is 5.61. The maximum Gasteiger partial charge on any atom is 0.243 e. The second-order valence-electron chi connectivity index (χ2n) is 6.59. The van der Waals surface area contributed by atoms with E-state index >= 15 is 0 Å². The highest BCUT2D eigenvalue weighted by Gasteiger charge is 2.27. The number of carbonyl (C=O) groups excluding carboxylic acids is 2. The zero-order valence-corrected chi connectivity index (χ0v) is 16.5. The molecular weight excluding hydrogens is 394 g/mol. The van der Waals surface area contributed by atoms with Gasteiger partial charge in [-0.25, -0.2) is 0 Å². The summed E-state index contributed by atoms with van der Waals surface area (Å²) in [6.07, 6.45) is 0.937. The topological polar surface area (TPSA) is 61.4 Å². The Hall–Kier alpha value is -2.34. The van der Waals surface area contributed by atoms with Gasteiger partial charge >= 0.3 is 0 Å². The monoisotopic (exact) mass is 415 g/mol. The smallest absolute Gasteiger partial charge is 0.243 e. The maximum atomic E-state index is 12.3. The number of anilines is 2. The lowest BCUT2D eigenvalue weighted by Gasteiger charge is -2.24. The first-order chi connectivity index (χ1) is 12.4. The molecule has 2 aromatic rings. The van der Waals surface area contributed by atoms with Crippen molar-refractivity contribution in [1.29, 1.82) is 0 Å². The van der Waals surface area contributed by atoms with Crippen LogP contribution in [0.5, 0.6) is 0 Å².